The Balaban J connectivity index is 2.55. The second-order valence-electron chi connectivity index (χ2n) is 4.93. The van der Waals surface area contributed by atoms with Gasteiger partial charge in [-0.2, -0.15) is 0 Å². The third-order valence-electron chi connectivity index (χ3n) is 2.83. The van der Waals surface area contributed by atoms with Gasteiger partial charge in [0.05, 0.1) is 13.2 Å². The molecule has 0 aliphatic carbocycles. The highest BCUT2D eigenvalue weighted by atomic mass is 16.5. The van der Waals surface area contributed by atoms with Crippen molar-refractivity contribution in [2.24, 2.45) is 5.92 Å². The van der Waals surface area contributed by atoms with E-state index in [1.165, 1.54) is 0 Å². The maximum atomic E-state index is 9.33. The van der Waals surface area contributed by atoms with E-state index in [1.807, 2.05) is 25.1 Å². The maximum Gasteiger partial charge on any atom is 0.123 e. The van der Waals surface area contributed by atoms with Crippen LogP contribution in [-0.4, -0.2) is 24.4 Å². The Morgan fingerprint density at radius 1 is 1.28 bits per heavy atom. The highest BCUT2D eigenvalue weighted by Gasteiger charge is 2.10. The first-order valence-corrected chi connectivity index (χ1v) is 6.72. The first kappa shape index (κ1) is 15.0. The molecular formula is C15H25NO2. The van der Waals surface area contributed by atoms with Crippen LogP contribution in [0.5, 0.6) is 5.75 Å². The summed E-state index contributed by atoms with van der Waals surface area (Å²) in [6.45, 7) is 7.89. The Bertz CT molecular complexity index is 339. The molecule has 2 N–H and O–H groups in total. The summed E-state index contributed by atoms with van der Waals surface area (Å²) in [6.07, 6.45) is 0.979. The van der Waals surface area contributed by atoms with Crippen LogP contribution in [-0.2, 0) is 6.54 Å². The minimum Gasteiger partial charge on any atom is -0.494 e. The van der Waals surface area contributed by atoms with Crippen molar-refractivity contribution in [3.63, 3.8) is 0 Å². The van der Waals surface area contributed by atoms with Crippen LogP contribution in [0.15, 0.2) is 24.3 Å². The predicted molar refractivity (Wildman–Crippen MR) is 74.8 cm³/mol. The van der Waals surface area contributed by atoms with E-state index in [4.69, 9.17) is 4.74 Å². The maximum absolute atomic E-state index is 9.33. The van der Waals surface area contributed by atoms with Gasteiger partial charge in [-0.1, -0.05) is 32.0 Å². The molecule has 0 amide bonds. The number of nitrogens with one attached hydrogen (secondary N) is 1. The molecule has 1 rings (SSSR count). The Kier molecular flexibility index (Phi) is 6.76. The number of para-hydroxylation sites is 1. The van der Waals surface area contributed by atoms with Gasteiger partial charge in [0.15, 0.2) is 0 Å². The molecule has 1 aromatic rings. The fraction of sp³-hybridized carbons (Fsp3) is 0.600. The van der Waals surface area contributed by atoms with Crippen LogP contribution in [0, 0.1) is 5.92 Å². The van der Waals surface area contributed by atoms with Crippen molar-refractivity contribution < 1.29 is 9.84 Å². The van der Waals surface area contributed by atoms with Crippen LogP contribution in [0.3, 0.4) is 0 Å². The van der Waals surface area contributed by atoms with Crippen LogP contribution in [0.4, 0.5) is 0 Å². The number of hydrogen-bond donors (Lipinski definition) is 2. The average molecular weight is 251 g/mol. The summed E-state index contributed by atoms with van der Waals surface area (Å²) in [6, 6.07) is 8.18. The molecule has 0 heterocycles. The Labute approximate surface area is 110 Å². The highest BCUT2D eigenvalue weighted by molar-refractivity contribution is 5.33. The quantitative estimate of drug-likeness (QED) is 0.746. The molecule has 0 aliphatic rings. The molecule has 1 unspecified atom stereocenters. The summed E-state index contributed by atoms with van der Waals surface area (Å²) in [5.41, 5.74) is 1.14. The van der Waals surface area contributed by atoms with E-state index in [1.54, 1.807) is 0 Å². The van der Waals surface area contributed by atoms with Crippen molar-refractivity contribution in [1.29, 1.82) is 0 Å². The van der Waals surface area contributed by atoms with Gasteiger partial charge in [0.2, 0.25) is 0 Å². The van der Waals surface area contributed by atoms with E-state index in [0.717, 1.165) is 24.3 Å². The molecule has 1 atom stereocenters. The summed E-state index contributed by atoms with van der Waals surface area (Å²) >= 11 is 0. The molecule has 1 aromatic carbocycles. The summed E-state index contributed by atoms with van der Waals surface area (Å²) in [7, 11) is 0. The van der Waals surface area contributed by atoms with Gasteiger partial charge in [0.1, 0.15) is 5.75 Å². The minimum atomic E-state index is 0.152. The summed E-state index contributed by atoms with van der Waals surface area (Å²) in [5, 5.41) is 12.7. The summed E-state index contributed by atoms with van der Waals surface area (Å²) in [4.78, 5) is 0. The Morgan fingerprint density at radius 2 is 2.00 bits per heavy atom. The van der Waals surface area contributed by atoms with Gasteiger partial charge in [-0.15, -0.1) is 0 Å². The number of benzene rings is 1. The molecule has 0 spiro atoms. The normalized spacial score (nSPS) is 12.7. The third-order valence-corrected chi connectivity index (χ3v) is 2.83. The minimum absolute atomic E-state index is 0.152. The van der Waals surface area contributed by atoms with Gasteiger partial charge < -0.3 is 15.2 Å². The highest BCUT2D eigenvalue weighted by Crippen LogP contribution is 2.18. The number of hydrogen-bond acceptors (Lipinski definition) is 3. The van der Waals surface area contributed by atoms with Crippen LogP contribution < -0.4 is 10.1 Å². The van der Waals surface area contributed by atoms with Gasteiger partial charge in [0.25, 0.3) is 0 Å². The van der Waals surface area contributed by atoms with Gasteiger partial charge in [-0.3, -0.25) is 0 Å². The van der Waals surface area contributed by atoms with Crippen LogP contribution >= 0.6 is 0 Å². The van der Waals surface area contributed by atoms with E-state index in [9.17, 15) is 5.11 Å². The molecule has 18 heavy (non-hydrogen) atoms. The van der Waals surface area contributed by atoms with E-state index >= 15 is 0 Å². The van der Waals surface area contributed by atoms with E-state index in [0.29, 0.717) is 12.5 Å². The van der Waals surface area contributed by atoms with Crippen molar-refractivity contribution in [2.75, 3.05) is 13.2 Å². The second kappa shape index (κ2) is 8.11. The molecular weight excluding hydrogens is 226 g/mol. The van der Waals surface area contributed by atoms with Crippen molar-refractivity contribution in [3.8, 4) is 5.75 Å². The lowest BCUT2D eigenvalue weighted by atomic mass is 10.0. The molecule has 3 heteroatoms. The number of rotatable bonds is 8. The zero-order chi connectivity index (χ0) is 13.4. The molecule has 0 fully saturated rings. The van der Waals surface area contributed by atoms with Crippen molar-refractivity contribution in [1.82, 2.24) is 5.32 Å². The second-order valence-corrected chi connectivity index (χ2v) is 4.93. The fourth-order valence-electron chi connectivity index (χ4n) is 1.99. The smallest absolute Gasteiger partial charge is 0.123 e. The van der Waals surface area contributed by atoms with Crippen molar-refractivity contribution in [2.45, 2.75) is 39.8 Å². The Morgan fingerprint density at radius 3 is 2.61 bits per heavy atom. The van der Waals surface area contributed by atoms with Crippen molar-refractivity contribution in [3.05, 3.63) is 29.8 Å². The SMILES string of the molecule is CCOc1ccccc1CNC(CO)CC(C)C. The van der Waals surface area contributed by atoms with Crippen LogP contribution in [0.2, 0.25) is 0 Å². The first-order chi connectivity index (χ1) is 8.67. The summed E-state index contributed by atoms with van der Waals surface area (Å²) in [5.74, 6) is 1.51. The number of ether oxygens (including phenoxy) is 1. The van der Waals surface area contributed by atoms with Gasteiger partial charge in [-0.05, 0) is 25.3 Å². The standard InChI is InChI=1S/C15H25NO2/c1-4-18-15-8-6-5-7-13(15)10-16-14(11-17)9-12(2)3/h5-8,12,14,16-17H,4,9-11H2,1-3H3. The number of aliphatic hydroxyl groups excluding tert-OH is 1. The Hall–Kier alpha value is -1.06. The molecule has 0 saturated heterocycles. The molecule has 0 radical (unpaired) electrons. The van der Waals surface area contributed by atoms with E-state index in [-0.39, 0.29) is 12.6 Å². The van der Waals surface area contributed by atoms with Crippen molar-refractivity contribution >= 4 is 0 Å². The van der Waals surface area contributed by atoms with Crippen LogP contribution in [0.1, 0.15) is 32.8 Å². The fourth-order valence-corrected chi connectivity index (χ4v) is 1.99. The van der Waals surface area contributed by atoms with Crippen LogP contribution in [0.25, 0.3) is 0 Å². The zero-order valence-corrected chi connectivity index (χ0v) is 11.6. The topological polar surface area (TPSA) is 41.5 Å². The molecule has 0 aliphatic heterocycles. The first-order valence-electron chi connectivity index (χ1n) is 6.72. The molecule has 3 nitrogen and oxygen atoms in total. The largest absolute Gasteiger partial charge is 0.494 e. The zero-order valence-electron chi connectivity index (χ0n) is 11.6. The predicted octanol–water partition coefficient (Wildman–Crippen LogP) is 2.58. The van der Waals surface area contributed by atoms with E-state index < -0.39 is 0 Å². The average Bonchev–Trinajstić information content (AvgIpc) is 2.36. The lowest BCUT2D eigenvalue weighted by molar-refractivity contribution is 0.223. The molecule has 0 saturated carbocycles. The summed E-state index contributed by atoms with van der Waals surface area (Å²) < 4.78 is 5.58. The van der Waals surface area contributed by atoms with Gasteiger partial charge >= 0.3 is 0 Å². The van der Waals surface area contributed by atoms with Gasteiger partial charge in [-0.25, -0.2) is 0 Å². The van der Waals surface area contributed by atoms with Gasteiger partial charge in [0, 0.05) is 18.2 Å². The number of aliphatic hydroxyl groups is 1. The monoisotopic (exact) mass is 251 g/mol. The molecule has 0 bridgehead atoms. The molecule has 102 valence electrons. The third kappa shape index (κ3) is 5.07. The lowest BCUT2D eigenvalue weighted by Crippen LogP contribution is -2.33. The van der Waals surface area contributed by atoms with E-state index in [2.05, 4.69) is 25.2 Å². The lowest BCUT2D eigenvalue weighted by Gasteiger charge is -2.19. The molecule has 0 aromatic heterocycles.